The quantitative estimate of drug-likeness (QED) is 0.851. The van der Waals surface area contributed by atoms with Gasteiger partial charge in [-0.25, -0.2) is 8.42 Å². The van der Waals surface area contributed by atoms with Crippen LogP contribution >= 0.6 is 0 Å². The fraction of sp³-hybridized carbons (Fsp3) is 0.400. The minimum Gasteiger partial charge on any atom is -0.489 e. The molecule has 1 saturated carbocycles. The van der Waals surface area contributed by atoms with Crippen molar-refractivity contribution in [1.82, 2.24) is 10.3 Å². The predicted molar refractivity (Wildman–Crippen MR) is 103 cm³/mol. The molecule has 7 heteroatoms. The Morgan fingerprint density at radius 1 is 1.11 bits per heavy atom. The first-order chi connectivity index (χ1) is 12.8. The molecule has 0 unspecified atom stereocenters. The zero-order valence-electron chi connectivity index (χ0n) is 15.5. The van der Waals surface area contributed by atoms with E-state index in [1.54, 1.807) is 18.3 Å². The molecule has 1 aliphatic carbocycles. The Morgan fingerprint density at radius 3 is 2.37 bits per heavy atom. The van der Waals surface area contributed by atoms with E-state index in [1.807, 2.05) is 19.1 Å². The van der Waals surface area contributed by atoms with Crippen molar-refractivity contribution in [1.29, 1.82) is 0 Å². The molecule has 0 bridgehead atoms. The molecule has 1 aromatic carbocycles. The molecule has 3 rings (SSSR count). The van der Waals surface area contributed by atoms with Crippen molar-refractivity contribution >= 4 is 15.7 Å². The van der Waals surface area contributed by atoms with Crippen LogP contribution < -0.4 is 10.1 Å². The largest absolute Gasteiger partial charge is 0.489 e. The molecule has 1 aromatic heterocycles. The molecule has 0 aliphatic heterocycles. The van der Waals surface area contributed by atoms with Gasteiger partial charge in [0.15, 0.2) is 9.84 Å². The molecule has 1 heterocycles. The number of aryl methyl sites for hydroxylation is 1. The average Bonchev–Trinajstić information content (AvgIpc) is 2.64. The highest BCUT2D eigenvalue weighted by atomic mass is 32.2. The Kier molecular flexibility index (Phi) is 5.79. The Bertz CT molecular complexity index is 902. The molecular formula is C20H24N2O4S. The number of pyridine rings is 1. The lowest BCUT2D eigenvalue weighted by molar-refractivity contribution is 0.0893. The monoisotopic (exact) mass is 388 g/mol. The zero-order valence-corrected chi connectivity index (χ0v) is 16.3. The maximum atomic E-state index is 12.4. The molecule has 1 fully saturated rings. The van der Waals surface area contributed by atoms with Crippen molar-refractivity contribution in [2.45, 2.75) is 49.6 Å². The van der Waals surface area contributed by atoms with Crippen LogP contribution in [0.2, 0.25) is 0 Å². The molecular weight excluding hydrogens is 364 g/mol. The van der Waals surface area contributed by atoms with Crippen LogP contribution in [0.3, 0.4) is 0 Å². The van der Waals surface area contributed by atoms with Gasteiger partial charge in [-0.15, -0.1) is 0 Å². The first-order valence-corrected chi connectivity index (χ1v) is 10.9. The summed E-state index contributed by atoms with van der Waals surface area (Å²) in [5.41, 5.74) is 1.34. The molecule has 6 nitrogen and oxygen atoms in total. The van der Waals surface area contributed by atoms with E-state index in [4.69, 9.17) is 4.74 Å². The minimum absolute atomic E-state index is 0.0990. The third kappa shape index (κ3) is 5.07. The first-order valence-electron chi connectivity index (χ1n) is 9.02. The molecule has 1 aliphatic rings. The summed E-state index contributed by atoms with van der Waals surface area (Å²) in [4.78, 5) is 16.8. The van der Waals surface area contributed by atoms with Gasteiger partial charge in [-0.05, 0) is 69.0 Å². The summed E-state index contributed by atoms with van der Waals surface area (Å²) >= 11 is 0. The van der Waals surface area contributed by atoms with Gasteiger partial charge in [0.1, 0.15) is 5.75 Å². The summed E-state index contributed by atoms with van der Waals surface area (Å²) in [5, 5.41) is 3.03. The average molecular weight is 388 g/mol. The van der Waals surface area contributed by atoms with Crippen molar-refractivity contribution in [2.24, 2.45) is 0 Å². The highest BCUT2D eigenvalue weighted by Crippen LogP contribution is 2.25. The van der Waals surface area contributed by atoms with E-state index >= 15 is 0 Å². The number of hydrogen-bond donors (Lipinski definition) is 1. The van der Waals surface area contributed by atoms with Crippen molar-refractivity contribution < 1.29 is 17.9 Å². The molecule has 27 heavy (non-hydrogen) atoms. The molecule has 0 spiro atoms. The van der Waals surface area contributed by atoms with Gasteiger partial charge in [-0.1, -0.05) is 0 Å². The van der Waals surface area contributed by atoms with Crippen LogP contribution in [0.1, 0.15) is 41.7 Å². The summed E-state index contributed by atoms with van der Waals surface area (Å²) in [5.74, 6) is 0.637. The van der Waals surface area contributed by atoms with Gasteiger partial charge < -0.3 is 10.1 Å². The smallest absolute Gasteiger partial charge is 0.251 e. The van der Waals surface area contributed by atoms with Gasteiger partial charge in [0.05, 0.1) is 16.7 Å². The van der Waals surface area contributed by atoms with Crippen molar-refractivity contribution in [3.63, 3.8) is 0 Å². The minimum atomic E-state index is -3.26. The van der Waals surface area contributed by atoms with Crippen molar-refractivity contribution in [2.75, 3.05) is 6.26 Å². The number of sulfone groups is 1. The van der Waals surface area contributed by atoms with Gasteiger partial charge in [-0.3, -0.25) is 9.78 Å². The lowest BCUT2D eigenvalue weighted by atomic mass is 9.92. The molecule has 0 radical (unpaired) electrons. The topological polar surface area (TPSA) is 85.4 Å². The van der Waals surface area contributed by atoms with Crippen LogP contribution in [-0.4, -0.2) is 37.7 Å². The van der Waals surface area contributed by atoms with E-state index in [-0.39, 0.29) is 22.9 Å². The maximum absolute atomic E-state index is 12.4. The first kappa shape index (κ1) is 19.4. The Labute approximate surface area is 159 Å². The number of carbonyl (C=O) groups is 1. The van der Waals surface area contributed by atoms with Gasteiger partial charge in [-0.2, -0.15) is 0 Å². The van der Waals surface area contributed by atoms with E-state index in [0.717, 1.165) is 43.4 Å². The van der Waals surface area contributed by atoms with Crippen LogP contribution in [0.4, 0.5) is 0 Å². The van der Waals surface area contributed by atoms with E-state index in [0.29, 0.717) is 5.56 Å². The summed E-state index contributed by atoms with van der Waals surface area (Å²) in [6, 6.07) is 9.91. The van der Waals surface area contributed by atoms with Gasteiger partial charge >= 0.3 is 0 Å². The van der Waals surface area contributed by atoms with Gasteiger partial charge in [0.25, 0.3) is 5.91 Å². The number of amides is 1. The number of hydrogen-bond acceptors (Lipinski definition) is 5. The van der Waals surface area contributed by atoms with Gasteiger partial charge in [0, 0.05) is 24.1 Å². The number of rotatable bonds is 5. The van der Waals surface area contributed by atoms with Crippen molar-refractivity contribution in [3.05, 3.63) is 53.9 Å². The standard InChI is InChI=1S/C20H24N2O4S/c1-14-19(4-3-13-21-14)26-17-9-7-16(8-10-17)22-20(23)15-5-11-18(12-6-15)27(2,24)25/h3-6,11-13,16-17H,7-10H2,1-2H3,(H,22,23). The lowest BCUT2D eigenvalue weighted by Gasteiger charge is -2.29. The summed E-state index contributed by atoms with van der Waals surface area (Å²) in [6.45, 7) is 1.93. The Morgan fingerprint density at radius 2 is 1.78 bits per heavy atom. The van der Waals surface area contributed by atoms with Crippen molar-refractivity contribution in [3.8, 4) is 5.75 Å². The highest BCUT2D eigenvalue weighted by Gasteiger charge is 2.24. The second-order valence-electron chi connectivity index (χ2n) is 6.95. The normalized spacial score (nSPS) is 20.1. The van der Waals surface area contributed by atoms with Gasteiger partial charge in [0.2, 0.25) is 0 Å². The van der Waals surface area contributed by atoms with Crippen LogP contribution in [0.15, 0.2) is 47.5 Å². The molecule has 1 amide bonds. The predicted octanol–water partition coefficient (Wildman–Crippen LogP) is 2.91. The van der Waals surface area contributed by atoms with E-state index < -0.39 is 9.84 Å². The third-order valence-corrected chi connectivity index (χ3v) is 5.93. The van der Waals surface area contributed by atoms with E-state index in [1.165, 1.54) is 12.1 Å². The molecule has 0 atom stereocenters. The second kappa shape index (κ2) is 8.08. The van der Waals surface area contributed by atoms with Crippen LogP contribution in [0.5, 0.6) is 5.75 Å². The second-order valence-corrected chi connectivity index (χ2v) is 8.96. The summed E-state index contributed by atoms with van der Waals surface area (Å²) in [7, 11) is -3.26. The molecule has 144 valence electrons. The molecule has 2 aromatic rings. The Balaban J connectivity index is 1.51. The molecule has 1 N–H and O–H groups in total. The van der Waals surface area contributed by atoms with Crippen LogP contribution in [-0.2, 0) is 9.84 Å². The number of nitrogens with zero attached hydrogens (tertiary/aromatic N) is 1. The number of benzene rings is 1. The van der Waals surface area contributed by atoms with Crippen LogP contribution in [0, 0.1) is 6.92 Å². The highest BCUT2D eigenvalue weighted by molar-refractivity contribution is 7.90. The lowest BCUT2D eigenvalue weighted by Crippen LogP contribution is -2.39. The Hall–Kier alpha value is -2.41. The zero-order chi connectivity index (χ0) is 19.4. The summed E-state index contributed by atoms with van der Waals surface area (Å²) < 4.78 is 29.0. The number of ether oxygens (including phenoxy) is 1. The SMILES string of the molecule is Cc1ncccc1OC1CCC(NC(=O)c2ccc(S(C)(=O)=O)cc2)CC1. The number of nitrogens with one attached hydrogen (secondary N) is 1. The van der Waals surface area contributed by atoms with E-state index in [9.17, 15) is 13.2 Å². The number of aromatic nitrogens is 1. The fourth-order valence-electron chi connectivity index (χ4n) is 3.22. The third-order valence-electron chi connectivity index (χ3n) is 4.81. The molecule has 0 saturated heterocycles. The van der Waals surface area contributed by atoms with E-state index in [2.05, 4.69) is 10.3 Å². The fourth-order valence-corrected chi connectivity index (χ4v) is 3.85. The maximum Gasteiger partial charge on any atom is 0.251 e. The summed E-state index contributed by atoms with van der Waals surface area (Å²) in [6.07, 6.45) is 6.45. The van der Waals surface area contributed by atoms with Crippen LogP contribution in [0.25, 0.3) is 0 Å². The number of carbonyl (C=O) groups excluding carboxylic acids is 1.